The lowest BCUT2D eigenvalue weighted by atomic mass is 10.0. The lowest BCUT2D eigenvalue weighted by Gasteiger charge is -2.19. The second-order valence-corrected chi connectivity index (χ2v) is 10.6. The summed E-state index contributed by atoms with van der Waals surface area (Å²) in [7, 11) is -8.11. The van der Waals surface area contributed by atoms with E-state index in [1.807, 2.05) is 12.1 Å². The van der Waals surface area contributed by atoms with Crippen LogP contribution >= 0.6 is 16.4 Å². The van der Waals surface area contributed by atoms with Crippen LogP contribution in [0.25, 0.3) is 11.1 Å². The van der Waals surface area contributed by atoms with E-state index in [0.29, 0.717) is 11.4 Å². The smallest absolute Gasteiger partial charge is 0.398 e. The standard InChI is InChI=1S/C21H24N4O11P2/c22-15-4-2-1-3-14(15)12-5-7-23-13(9-12)10-25-17(26)6-8-24(21(25)29)20-19(28)18(27)16(35-20)11-34-38(32,33)36-37(30)31/h1-9,16,18-20,27-28,30-31H,10-11,22H2,(H,32,33). The Bertz CT molecular complexity index is 1460. The van der Waals surface area contributed by atoms with Gasteiger partial charge >= 0.3 is 22.1 Å². The molecule has 15 nitrogen and oxygen atoms in total. The molecule has 0 radical (unpaired) electrons. The molecule has 0 bridgehead atoms. The third-order valence-corrected chi connectivity index (χ3v) is 7.58. The Hall–Kier alpha value is -2.81. The minimum absolute atomic E-state index is 0.229. The summed E-state index contributed by atoms with van der Waals surface area (Å²) in [6.45, 7) is -1.03. The summed E-state index contributed by atoms with van der Waals surface area (Å²) in [5.41, 5.74) is 6.86. The molecular weight excluding hydrogens is 546 g/mol. The monoisotopic (exact) mass is 570 g/mol. The molecule has 3 aromatic rings. The van der Waals surface area contributed by atoms with Crippen molar-refractivity contribution in [2.75, 3.05) is 12.3 Å². The van der Waals surface area contributed by atoms with Gasteiger partial charge in [-0.15, -0.1) is 0 Å². The molecule has 17 heteroatoms. The number of aliphatic hydroxyl groups excluding tert-OH is 2. The third-order valence-electron chi connectivity index (χ3n) is 5.69. The number of benzene rings is 1. The molecule has 5 unspecified atom stereocenters. The number of phosphoric ester groups is 1. The summed E-state index contributed by atoms with van der Waals surface area (Å²) < 4.78 is 27.4. The first-order chi connectivity index (χ1) is 18.0. The summed E-state index contributed by atoms with van der Waals surface area (Å²) in [5.74, 6) is 0. The molecule has 7 N–H and O–H groups in total. The van der Waals surface area contributed by atoms with Gasteiger partial charge in [-0.25, -0.2) is 13.7 Å². The number of nitrogens with two attached hydrogens (primary N) is 1. The maximum Gasteiger partial charge on any atom is 0.479 e. The molecule has 2 aromatic heterocycles. The van der Waals surface area contributed by atoms with Crippen molar-refractivity contribution >= 4 is 22.1 Å². The van der Waals surface area contributed by atoms with Crippen molar-refractivity contribution in [3.05, 3.63) is 81.4 Å². The van der Waals surface area contributed by atoms with Crippen molar-refractivity contribution in [3.63, 3.8) is 0 Å². The lowest BCUT2D eigenvalue weighted by Crippen LogP contribution is -2.43. The largest absolute Gasteiger partial charge is 0.479 e. The molecule has 0 saturated carbocycles. The summed E-state index contributed by atoms with van der Waals surface area (Å²) in [5, 5.41) is 20.8. The number of rotatable bonds is 9. The second kappa shape index (κ2) is 11.5. The van der Waals surface area contributed by atoms with Crippen molar-refractivity contribution in [1.29, 1.82) is 0 Å². The Kier molecular flexibility index (Phi) is 8.55. The molecule has 38 heavy (non-hydrogen) atoms. The third kappa shape index (κ3) is 6.25. The molecule has 1 aromatic carbocycles. The number of nitrogen functional groups attached to an aromatic ring is 1. The zero-order valence-electron chi connectivity index (χ0n) is 19.4. The van der Waals surface area contributed by atoms with E-state index in [2.05, 4.69) is 13.8 Å². The molecule has 4 rings (SSSR count). The van der Waals surface area contributed by atoms with Crippen LogP contribution in [-0.2, 0) is 24.7 Å². The quantitative estimate of drug-likeness (QED) is 0.143. The fourth-order valence-electron chi connectivity index (χ4n) is 3.90. The Balaban J connectivity index is 1.56. The van der Waals surface area contributed by atoms with Crippen LogP contribution in [0, 0.1) is 0 Å². The first-order valence-electron chi connectivity index (χ1n) is 10.9. The van der Waals surface area contributed by atoms with Crippen molar-refractivity contribution in [1.82, 2.24) is 14.1 Å². The van der Waals surface area contributed by atoms with E-state index in [4.69, 9.17) is 20.3 Å². The van der Waals surface area contributed by atoms with E-state index in [-0.39, 0.29) is 6.54 Å². The number of hydrogen-bond acceptors (Lipinski definition) is 12. The first-order valence-corrected chi connectivity index (χ1v) is 13.6. The molecule has 1 saturated heterocycles. The highest BCUT2D eigenvalue weighted by molar-refractivity contribution is 7.57. The van der Waals surface area contributed by atoms with Crippen LogP contribution in [0.5, 0.6) is 0 Å². The van der Waals surface area contributed by atoms with Crippen LogP contribution < -0.4 is 17.0 Å². The predicted molar refractivity (Wildman–Crippen MR) is 132 cm³/mol. The highest BCUT2D eigenvalue weighted by Gasteiger charge is 2.45. The summed E-state index contributed by atoms with van der Waals surface area (Å²) in [6, 6.07) is 11.6. The molecule has 1 fully saturated rings. The predicted octanol–water partition coefficient (Wildman–Crippen LogP) is -0.333. The van der Waals surface area contributed by atoms with Crippen LogP contribution in [0.1, 0.15) is 11.9 Å². The number of phosphoric acid groups is 1. The average molecular weight is 570 g/mol. The van der Waals surface area contributed by atoms with Crippen molar-refractivity contribution in [3.8, 4) is 11.1 Å². The highest BCUT2D eigenvalue weighted by atomic mass is 31.3. The SMILES string of the molecule is Nc1ccccc1-c1ccnc(Cn2c(=O)ccn(C3OC(COP(=O)(O)OP(O)O)C(O)C3O)c2=O)c1. The molecule has 0 amide bonds. The van der Waals surface area contributed by atoms with Gasteiger partial charge in [0, 0.05) is 29.7 Å². The first kappa shape index (κ1) is 28.2. The second-order valence-electron chi connectivity index (χ2n) is 8.20. The molecule has 0 spiro atoms. The van der Waals surface area contributed by atoms with Crippen LogP contribution in [0.4, 0.5) is 5.69 Å². The Morgan fingerprint density at radius 2 is 1.87 bits per heavy atom. The summed E-state index contributed by atoms with van der Waals surface area (Å²) in [4.78, 5) is 56.9. The maximum atomic E-state index is 13.2. The van der Waals surface area contributed by atoms with Crippen molar-refractivity contribution in [2.45, 2.75) is 31.1 Å². The van der Waals surface area contributed by atoms with Gasteiger partial charge in [-0.2, -0.15) is 0 Å². The highest BCUT2D eigenvalue weighted by Crippen LogP contribution is 2.53. The van der Waals surface area contributed by atoms with Gasteiger partial charge in [0.15, 0.2) is 6.23 Å². The minimum Gasteiger partial charge on any atom is -0.398 e. The van der Waals surface area contributed by atoms with Gasteiger partial charge in [-0.05, 0) is 23.8 Å². The van der Waals surface area contributed by atoms with Gasteiger partial charge in [-0.1, -0.05) is 18.2 Å². The average Bonchev–Trinajstić information content (AvgIpc) is 3.14. The number of hydrogen-bond donors (Lipinski definition) is 6. The number of anilines is 1. The van der Waals surface area contributed by atoms with Crippen molar-refractivity contribution in [2.24, 2.45) is 0 Å². The molecule has 204 valence electrons. The Morgan fingerprint density at radius 1 is 1.13 bits per heavy atom. The van der Waals surface area contributed by atoms with Gasteiger partial charge in [0.25, 0.3) is 5.56 Å². The van der Waals surface area contributed by atoms with E-state index in [9.17, 15) is 29.3 Å². The summed E-state index contributed by atoms with van der Waals surface area (Å²) >= 11 is 0. The van der Waals surface area contributed by atoms with Crippen LogP contribution in [0.2, 0.25) is 0 Å². The number of aromatic nitrogens is 3. The number of pyridine rings is 1. The topological polar surface area (TPSA) is 229 Å². The lowest BCUT2D eigenvalue weighted by molar-refractivity contribution is -0.0546. The molecule has 0 aliphatic carbocycles. The molecule has 1 aliphatic rings. The normalized spacial score (nSPS) is 23.0. The van der Waals surface area contributed by atoms with E-state index < -0.39 is 58.8 Å². The molecule has 5 atom stereocenters. The Morgan fingerprint density at radius 3 is 2.58 bits per heavy atom. The van der Waals surface area contributed by atoms with Crippen molar-refractivity contribution < 1.29 is 43.0 Å². The van der Waals surface area contributed by atoms with Gasteiger partial charge < -0.3 is 35.4 Å². The van der Waals surface area contributed by atoms with Gasteiger partial charge in [0.05, 0.1) is 18.8 Å². The van der Waals surface area contributed by atoms with Gasteiger partial charge in [0.1, 0.15) is 18.3 Å². The van der Waals surface area contributed by atoms with E-state index >= 15 is 0 Å². The van der Waals surface area contributed by atoms with Crippen LogP contribution in [0.3, 0.4) is 0 Å². The fourth-order valence-corrected chi connectivity index (χ4v) is 5.17. The van der Waals surface area contributed by atoms with E-state index in [1.54, 1.807) is 24.3 Å². The fraction of sp³-hybridized carbons (Fsp3) is 0.286. The molecule has 1 aliphatic heterocycles. The van der Waals surface area contributed by atoms with Gasteiger partial charge in [-0.3, -0.25) is 23.4 Å². The van der Waals surface area contributed by atoms with E-state index in [0.717, 1.165) is 32.5 Å². The number of para-hydroxylation sites is 1. The summed E-state index contributed by atoms with van der Waals surface area (Å²) in [6.07, 6.45) is -3.69. The number of ether oxygens (including phenoxy) is 1. The van der Waals surface area contributed by atoms with Crippen LogP contribution in [-0.4, -0.2) is 63.9 Å². The Labute approximate surface area is 215 Å². The van der Waals surface area contributed by atoms with Crippen LogP contribution in [0.15, 0.2) is 64.4 Å². The molecule has 3 heterocycles. The zero-order chi connectivity index (χ0) is 27.6. The van der Waals surface area contributed by atoms with E-state index in [1.165, 1.54) is 6.20 Å². The minimum atomic E-state index is -4.90. The number of nitrogens with zero attached hydrogens (tertiary/aromatic N) is 3. The molecular formula is C21H24N4O11P2. The zero-order valence-corrected chi connectivity index (χ0v) is 21.2. The number of aliphatic hydroxyl groups is 2. The van der Waals surface area contributed by atoms with Gasteiger partial charge in [0.2, 0.25) is 0 Å². The maximum absolute atomic E-state index is 13.2.